The first kappa shape index (κ1) is 18.6. The Morgan fingerprint density at radius 2 is 2.05 bits per heavy atom. The Morgan fingerprint density at radius 3 is 2.64 bits per heavy atom. The van der Waals surface area contributed by atoms with E-state index in [1.807, 2.05) is 40.0 Å². The van der Waals surface area contributed by atoms with Crippen molar-refractivity contribution >= 4 is 29.1 Å². The summed E-state index contributed by atoms with van der Waals surface area (Å²) in [6.45, 7) is 9.15. The molecule has 0 saturated heterocycles. The van der Waals surface area contributed by atoms with Gasteiger partial charge in [0.2, 0.25) is 0 Å². The Morgan fingerprint density at radius 1 is 1.36 bits per heavy atom. The van der Waals surface area contributed by atoms with Crippen LogP contribution in [-0.2, 0) is 6.42 Å². The van der Waals surface area contributed by atoms with Crippen molar-refractivity contribution in [2.75, 3.05) is 18.5 Å². The molecule has 122 valence electrons. The fourth-order valence-corrected chi connectivity index (χ4v) is 2.71. The van der Waals surface area contributed by atoms with Crippen molar-refractivity contribution in [2.24, 2.45) is 10.7 Å². The molecule has 0 atom stereocenters. The monoisotopic (exact) mass is 321 g/mol. The normalized spacial score (nSPS) is 14.9. The quantitative estimate of drug-likeness (QED) is 0.831. The van der Waals surface area contributed by atoms with Gasteiger partial charge in [0.25, 0.3) is 0 Å². The van der Waals surface area contributed by atoms with Crippen LogP contribution in [-0.4, -0.2) is 25.8 Å². The van der Waals surface area contributed by atoms with Gasteiger partial charge in [-0.1, -0.05) is 25.4 Å². The molecule has 1 aromatic carbocycles. The number of halogens is 1. The van der Waals surface area contributed by atoms with Gasteiger partial charge in [-0.3, -0.25) is 4.99 Å². The van der Waals surface area contributed by atoms with Crippen molar-refractivity contribution in [3.05, 3.63) is 34.5 Å². The van der Waals surface area contributed by atoms with Crippen LogP contribution in [0, 0.1) is 0 Å². The minimum Gasteiger partial charge on any atom is -0.404 e. The van der Waals surface area contributed by atoms with Gasteiger partial charge in [0.15, 0.2) is 0 Å². The molecule has 1 aromatic rings. The van der Waals surface area contributed by atoms with Crippen LogP contribution in [0.2, 0.25) is 5.02 Å². The minimum atomic E-state index is 0.243. The maximum atomic E-state index is 6.43. The SMILES string of the molecule is CC.CC(C)N=C/C(=C\N)c1cc2c(cc1Cl)N(C)CCC2. The topological polar surface area (TPSA) is 41.6 Å². The number of fused-ring (bicyclic) bond motifs is 1. The lowest BCUT2D eigenvalue weighted by molar-refractivity contribution is 0.744. The molecule has 2 N–H and O–H groups in total. The maximum absolute atomic E-state index is 6.43. The van der Waals surface area contributed by atoms with Gasteiger partial charge in [-0.2, -0.15) is 0 Å². The average molecular weight is 322 g/mol. The lowest BCUT2D eigenvalue weighted by atomic mass is 9.97. The molecule has 1 aliphatic heterocycles. The molecule has 0 saturated carbocycles. The maximum Gasteiger partial charge on any atom is 0.0506 e. The fraction of sp³-hybridized carbons (Fsp3) is 0.500. The summed E-state index contributed by atoms with van der Waals surface area (Å²) in [5, 5.41) is 0.726. The highest BCUT2D eigenvalue weighted by Crippen LogP contribution is 2.34. The van der Waals surface area contributed by atoms with Gasteiger partial charge >= 0.3 is 0 Å². The third-order valence-corrected chi connectivity index (χ3v) is 3.83. The van der Waals surface area contributed by atoms with Crippen molar-refractivity contribution in [3.63, 3.8) is 0 Å². The molecule has 3 nitrogen and oxygen atoms in total. The molecule has 4 heteroatoms. The molecule has 0 unspecified atom stereocenters. The van der Waals surface area contributed by atoms with Crippen LogP contribution in [0.25, 0.3) is 5.57 Å². The van der Waals surface area contributed by atoms with Crippen molar-refractivity contribution in [1.29, 1.82) is 0 Å². The van der Waals surface area contributed by atoms with E-state index in [1.54, 1.807) is 6.20 Å². The molecule has 0 aliphatic carbocycles. The van der Waals surface area contributed by atoms with E-state index >= 15 is 0 Å². The van der Waals surface area contributed by atoms with Gasteiger partial charge in [0, 0.05) is 48.9 Å². The van der Waals surface area contributed by atoms with E-state index in [-0.39, 0.29) is 6.04 Å². The van der Waals surface area contributed by atoms with Gasteiger partial charge in [0.1, 0.15) is 0 Å². The Hall–Kier alpha value is -1.48. The van der Waals surface area contributed by atoms with Crippen molar-refractivity contribution in [3.8, 4) is 0 Å². The molecule has 0 bridgehead atoms. The smallest absolute Gasteiger partial charge is 0.0506 e. The predicted molar refractivity (Wildman–Crippen MR) is 100 cm³/mol. The van der Waals surface area contributed by atoms with Gasteiger partial charge in [-0.25, -0.2) is 0 Å². The molecule has 0 fully saturated rings. The van der Waals surface area contributed by atoms with Crippen molar-refractivity contribution in [1.82, 2.24) is 0 Å². The van der Waals surface area contributed by atoms with E-state index in [0.717, 1.165) is 29.1 Å². The van der Waals surface area contributed by atoms with Crippen molar-refractivity contribution < 1.29 is 0 Å². The number of nitrogens with two attached hydrogens (primary N) is 1. The zero-order chi connectivity index (χ0) is 16.7. The molecular formula is C18H28ClN3. The second-order valence-electron chi connectivity index (χ2n) is 5.48. The zero-order valence-electron chi connectivity index (χ0n) is 14.4. The van der Waals surface area contributed by atoms with Crippen LogP contribution in [0.1, 0.15) is 45.2 Å². The number of nitrogens with zero attached hydrogens (tertiary/aromatic N) is 2. The average Bonchev–Trinajstić information content (AvgIpc) is 2.51. The highest BCUT2D eigenvalue weighted by Gasteiger charge is 2.17. The molecule has 0 spiro atoms. The van der Waals surface area contributed by atoms with Gasteiger partial charge in [0.05, 0.1) is 5.02 Å². The lowest BCUT2D eigenvalue weighted by Gasteiger charge is -2.28. The van der Waals surface area contributed by atoms with E-state index < -0.39 is 0 Å². The first-order valence-electron chi connectivity index (χ1n) is 8.02. The number of allylic oxidation sites excluding steroid dienone is 1. The van der Waals surface area contributed by atoms with Crippen molar-refractivity contribution in [2.45, 2.75) is 46.6 Å². The van der Waals surface area contributed by atoms with Crippen LogP contribution in [0.5, 0.6) is 0 Å². The summed E-state index contributed by atoms with van der Waals surface area (Å²) in [7, 11) is 2.11. The number of hydrogen-bond acceptors (Lipinski definition) is 3. The Kier molecular flexibility index (Phi) is 7.46. The standard InChI is InChI=1S/C16H22ClN3.C2H6/c1-11(2)19-10-13(9-18)14-7-12-5-4-6-20(3)16(12)8-15(14)17;1-2/h7-11H,4-6,18H2,1-3H3;1-2H3/b13-9+,19-10?;. The molecular weight excluding hydrogens is 294 g/mol. The molecule has 2 rings (SSSR count). The van der Waals surface area contributed by atoms with Gasteiger partial charge in [-0.05, 0) is 44.4 Å². The second kappa shape index (κ2) is 8.84. The first-order valence-corrected chi connectivity index (χ1v) is 8.39. The number of aliphatic imine (C=N–C) groups is 1. The Labute approximate surface area is 139 Å². The van der Waals surface area contributed by atoms with E-state index in [2.05, 4.69) is 23.0 Å². The predicted octanol–water partition coefficient (Wildman–Crippen LogP) is 4.53. The lowest BCUT2D eigenvalue weighted by Crippen LogP contribution is -2.24. The number of rotatable bonds is 3. The summed E-state index contributed by atoms with van der Waals surface area (Å²) in [6.07, 6.45) is 5.65. The Balaban J connectivity index is 0.00000116. The van der Waals surface area contributed by atoms with Crippen LogP contribution in [0.4, 0.5) is 5.69 Å². The molecule has 1 heterocycles. The first-order chi connectivity index (χ1) is 10.5. The molecule has 0 aromatic heterocycles. The second-order valence-corrected chi connectivity index (χ2v) is 5.89. The van der Waals surface area contributed by atoms with Crippen LogP contribution in [0.15, 0.2) is 23.3 Å². The highest BCUT2D eigenvalue weighted by atomic mass is 35.5. The Bertz CT molecular complexity index is 548. The van der Waals surface area contributed by atoms with E-state index in [0.29, 0.717) is 0 Å². The minimum absolute atomic E-state index is 0.243. The van der Waals surface area contributed by atoms with Crippen LogP contribution >= 0.6 is 11.6 Å². The van der Waals surface area contributed by atoms with Gasteiger partial charge in [-0.15, -0.1) is 0 Å². The highest BCUT2D eigenvalue weighted by molar-refractivity contribution is 6.34. The van der Waals surface area contributed by atoms with E-state index in [1.165, 1.54) is 17.7 Å². The third kappa shape index (κ3) is 4.51. The van der Waals surface area contributed by atoms with Crippen LogP contribution < -0.4 is 10.6 Å². The third-order valence-electron chi connectivity index (χ3n) is 3.52. The molecule has 0 amide bonds. The summed E-state index contributed by atoms with van der Waals surface area (Å²) < 4.78 is 0. The van der Waals surface area contributed by atoms with E-state index in [4.69, 9.17) is 17.3 Å². The number of aryl methyl sites for hydroxylation is 1. The number of hydrogen-bond donors (Lipinski definition) is 1. The summed E-state index contributed by atoms with van der Waals surface area (Å²) in [4.78, 5) is 6.65. The summed E-state index contributed by atoms with van der Waals surface area (Å²) in [5.74, 6) is 0. The zero-order valence-corrected chi connectivity index (χ0v) is 15.1. The summed E-state index contributed by atoms with van der Waals surface area (Å²) >= 11 is 6.43. The molecule has 22 heavy (non-hydrogen) atoms. The number of benzene rings is 1. The van der Waals surface area contributed by atoms with Gasteiger partial charge < -0.3 is 10.6 Å². The molecule has 0 radical (unpaired) electrons. The molecule has 1 aliphatic rings. The summed E-state index contributed by atoms with van der Waals surface area (Å²) in [5.41, 5.74) is 10.1. The van der Waals surface area contributed by atoms with Crippen LogP contribution in [0.3, 0.4) is 0 Å². The number of anilines is 1. The summed E-state index contributed by atoms with van der Waals surface area (Å²) in [6, 6.07) is 4.43. The fourth-order valence-electron chi connectivity index (χ4n) is 2.44. The van der Waals surface area contributed by atoms with E-state index in [9.17, 15) is 0 Å². The largest absolute Gasteiger partial charge is 0.404 e.